The van der Waals surface area contributed by atoms with Gasteiger partial charge in [0, 0.05) is 18.2 Å². The fourth-order valence-electron chi connectivity index (χ4n) is 4.62. The lowest BCUT2D eigenvalue weighted by molar-refractivity contribution is -0.141. The minimum atomic E-state index is -4.61. The van der Waals surface area contributed by atoms with E-state index in [1.807, 2.05) is 0 Å². The zero-order valence-electron chi connectivity index (χ0n) is 19.3. The Morgan fingerprint density at radius 2 is 1.70 bits per heavy atom. The number of nitrogens with zero attached hydrogens (tertiary/aromatic N) is 5. The lowest BCUT2D eigenvalue weighted by Gasteiger charge is -2.35. The summed E-state index contributed by atoms with van der Waals surface area (Å²) in [6.45, 7) is 0.792. The number of carbonyl (C=O) groups is 1. The molecule has 1 spiro atoms. The van der Waals surface area contributed by atoms with Crippen LogP contribution in [-0.2, 0) is 10.9 Å². The van der Waals surface area contributed by atoms with Gasteiger partial charge in [-0.05, 0) is 68.0 Å². The summed E-state index contributed by atoms with van der Waals surface area (Å²) in [6, 6.07) is 8.34. The maximum atomic E-state index is 13.4. The number of aromatic nitrogens is 4. The first kappa shape index (κ1) is 24.8. The van der Waals surface area contributed by atoms with E-state index >= 15 is 0 Å². The van der Waals surface area contributed by atoms with Crippen molar-refractivity contribution in [1.82, 2.24) is 20.4 Å². The van der Waals surface area contributed by atoms with Gasteiger partial charge in [-0.15, -0.1) is 20.4 Å². The lowest BCUT2D eigenvalue weighted by atomic mass is 9.78. The van der Waals surface area contributed by atoms with Crippen LogP contribution in [0.25, 0.3) is 11.3 Å². The van der Waals surface area contributed by atoms with Crippen LogP contribution >= 0.6 is 0 Å². The molecule has 3 heterocycles. The summed E-state index contributed by atoms with van der Waals surface area (Å²) in [7, 11) is 0. The van der Waals surface area contributed by atoms with Gasteiger partial charge in [0.15, 0.2) is 11.5 Å². The second kappa shape index (κ2) is 9.52. The Hall–Kier alpha value is -3.90. The number of rotatable bonds is 5. The third-order valence-corrected chi connectivity index (χ3v) is 6.60. The van der Waals surface area contributed by atoms with Gasteiger partial charge in [0.05, 0.1) is 12.2 Å². The van der Waals surface area contributed by atoms with Crippen molar-refractivity contribution >= 4 is 17.7 Å². The fourth-order valence-corrected chi connectivity index (χ4v) is 4.62. The topological polar surface area (TPSA) is 93.1 Å². The molecule has 3 aromatic rings. The van der Waals surface area contributed by atoms with Crippen LogP contribution in [0.1, 0.15) is 31.4 Å². The first-order chi connectivity index (χ1) is 17.6. The van der Waals surface area contributed by atoms with E-state index in [-0.39, 0.29) is 23.8 Å². The van der Waals surface area contributed by atoms with Gasteiger partial charge in [0.25, 0.3) is 0 Å². The minimum Gasteiger partial charge on any atom is -0.441 e. The molecular weight excluding hydrogens is 499 g/mol. The monoisotopic (exact) mass is 520 g/mol. The zero-order valence-corrected chi connectivity index (χ0v) is 19.3. The van der Waals surface area contributed by atoms with E-state index in [2.05, 4.69) is 25.7 Å². The molecule has 0 atom stereocenters. The molecule has 2 fully saturated rings. The number of nitrogens with one attached hydrogen (secondary N) is 1. The molecular formula is C24H21F5N6O2. The van der Waals surface area contributed by atoms with Gasteiger partial charge >= 0.3 is 12.3 Å². The highest BCUT2D eigenvalue weighted by Crippen LogP contribution is 2.40. The number of ether oxygens (including phenoxy) is 1. The molecule has 1 saturated carbocycles. The molecule has 13 heteroatoms. The SMILES string of the molecule is O=C1O[C@]2(CC[C@H](CNc3ccc(-c4cc(F)cc(F)c4)nn3)CC2)CN1c1ccc(C(F)(F)F)nn1. The Bertz CT molecular complexity index is 1260. The molecule has 0 bridgehead atoms. The summed E-state index contributed by atoms with van der Waals surface area (Å²) in [5, 5.41) is 18.1. The van der Waals surface area contributed by atoms with Gasteiger partial charge in [0.2, 0.25) is 0 Å². The highest BCUT2D eigenvalue weighted by molar-refractivity contribution is 5.89. The standard InChI is InChI=1S/C24H21F5N6O2/c25-16-9-15(10-17(26)11-16)18-1-3-20(33-31-18)30-12-14-5-7-23(8-6-14)13-35(22(36)37-23)21-4-2-19(32-34-21)24(27,28)29/h1-4,9-11,14H,5-8,12-13H2,(H,30,33)/t14-,23-. The van der Waals surface area contributed by atoms with E-state index in [0.717, 1.165) is 31.0 Å². The fraction of sp³-hybridized carbons (Fsp3) is 0.375. The molecule has 0 unspecified atom stereocenters. The van der Waals surface area contributed by atoms with Crippen molar-refractivity contribution in [2.75, 3.05) is 23.3 Å². The van der Waals surface area contributed by atoms with Gasteiger partial charge in [-0.2, -0.15) is 13.2 Å². The summed E-state index contributed by atoms with van der Waals surface area (Å²) in [4.78, 5) is 13.6. The van der Waals surface area contributed by atoms with Crippen LogP contribution in [0, 0.1) is 17.6 Å². The molecule has 194 valence electrons. The summed E-state index contributed by atoms with van der Waals surface area (Å²) < 4.78 is 70.7. The van der Waals surface area contributed by atoms with Crippen molar-refractivity contribution in [2.24, 2.45) is 5.92 Å². The molecule has 37 heavy (non-hydrogen) atoms. The largest absolute Gasteiger partial charge is 0.441 e. The van der Waals surface area contributed by atoms with Crippen LogP contribution in [0.2, 0.25) is 0 Å². The van der Waals surface area contributed by atoms with Crippen molar-refractivity contribution in [1.29, 1.82) is 0 Å². The summed E-state index contributed by atoms with van der Waals surface area (Å²) in [5.74, 6) is -0.597. The Balaban J connectivity index is 1.14. The summed E-state index contributed by atoms with van der Waals surface area (Å²) in [6.07, 6.45) is -2.59. The van der Waals surface area contributed by atoms with Crippen molar-refractivity contribution in [3.05, 3.63) is 59.8 Å². The second-order valence-corrected chi connectivity index (χ2v) is 9.20. The predicted octanol–water partition coefficient (Wildman–Crippen LogP) is 5.23. The first-order valence-electron chi connectivity index (χ1n) is 11.6. The van der Waals surface area contributed by atoms with E-state index in [0.29, 0.717) is 30.9 Å². The van der Waals surface area contributed by atoms with Crippen LogP contribution in [0.3, 0.4) is 0 Å². The highest BCUT2D eigenvalue weighted by Gasteiger charge is 2.48. The molecule has 1 amide bonds. The van der Waals surface area contributed by atoms with Crippen LogP contribution in [-0.4, -0.2) is 45.2 Å². The number of hydrogen-bond donors (Lipinski definition) is 1. The molecule has 1 N–H and O–H groups in total. The molecule has 1 aliphatic heterocycles. The minimum absolute atomic E-state index is 0.0154. The number of amides is 1. The molecule has 8 nitrogen and oxygen atoms in total. The highest BCUT2D eigenvalue weighted by atomic mass is 19.4. The normalized spacial score (nSPS) is 21.8. The maximum absolute atomic E-state index is 13.4. The zero-order chi connectivity index (χ0) is 26.2. The predicted molar refractivity (Wildman–Crippen MR) is 121 cm³/mol. The maximum Gasteiger partial charge on any atom is 0.435 e. The van der Waals surface area contributed by atoms with Crippen LogP contribution in [0.4, 0.5) is 38.4 Å². The average molecular weight is 520 g/mol. The first-order valence-corrected chi connectivity index (χ1v) is 11.6. The van der Waals surface area contributed by atoms with Crippen LogP contribution in [0.15, 0.2) is 42.5 Å². The quantitative estimate of drug-likeness (QED) is 0.461. The lowest BCUT2D eigenvalue weighted by Crippen LogP contribution is -2.39. The van der Waals surface area contributed by atoms with Crippen molar-refractivity contribution in [3.8, 4) is 11.3 Å². The second-order valence-electron chi connectivity index (χ2n) is 9.20. The van der Waals surface area contributed by atoms with E-state index in [1.54, 1.807) is 12.1 Å². The van der Waals surface area contributed by atoms with Gasteiger partial charge in [-0.3, -0.25) is 4.90 Å². The molecule has 2 aliphatic rings. The number of hydrogen-bond acceptors (Lipinski definition) is 7. The van der Waals surface area contributed by atoms with Gasteiger partial charge < -0.3 is 10.1 Å². The van der Waals surface area contributed by atoms with Gasteiger partial charge in [-0.1, -0.05) is 0 Å². The summed E-state index contributed by atoms with van der Waals surface area (Å²) in [5.41, 5.74) is -1.22. The molecule has 0 radical (unpaired) electrons. The number of anilines is 2. The Morgan fingerprint density at radius 1 is 0.973 bits per heavy atom. The van der Waals surface area contributed by atoms with Gasteiger partial charge in [0.1, 0.15) is 23.1 Å². The Kier molecular flexibility index (Phi) is 6.38. The Labute approximate surface area is 207 Å². The number of halogens is 5. The molecule has 2 aromatic heterocycles. The smallest absolute Gasteiger partial charge is 0.435 e. The molecule has 1 saturated heterocycles. The van der Waals surface area contributed by atoms with Crippen molar-refractivity contribution in [2.45, 2.75) is 37.5 Å². The van der Waals surface area contributed by atoms with Crippen LogP contribution in [0.5, 0.6) is 0 Å². The molecule has 1 aromatic carbocycles. The van der Waals surface area contributed by atoms with E-state index in [9.17, 15) is 26.7 Å². The Morgan fingerprint density at radius 3 is 2.30 bits per heavy atom. The third kappa shape index (κ3) is 5.44. The van der Waals surface area contributed by atoms with Crippen molar-refractivity contribution < 1.29 is 31.5 Å². The van der Waals surface area contributed by atoms with Gasteiger partial charge in [-0.25, -0.2) is 13.6 Å². The van der Waals surface area contributed by atoms with Crippen molar-refractivity contribution in [3.63, 3.8) is 0 Å². The van der Waals surface area contributed by atoms with E-state index < -0.39 is 35.2 Å². The molecule has 5 rings (SSSR count). The van der Waals surface area contributed by atoms with Crippen LogP contribution < -0.4 is 10.2 Å². The summed E-state index contributed by atoms with van der Waals surface area (Å²) >= 11 is 0. The van der Waals surface area contributed by atoms with E-state index in [4.69, 9.17) is 4.74 Å². The average Bonchev–Trinajstić information content (AvgIpc) is 3.18. The number of alkyl halides is 3. The number of carbonyl (C=O) groups excluding carboxylic acids is 1. The number of benzene rings is 1. The molecule has 1 aliphatic carbocycles. The van der Waals surface area contributed by atoms with E-state index in [1.165, 1.54) is 17.0 Å². The third-order valence-electron chi connectivity index (χ3n) is 6.60.